The first-order valence-corrected chi connectivity index (χ1v) is 9.78. The molecule has 0 saturated heterocycles. The minimum absolute atomic E-state index is 0.120. The van der Waals surface area contributed by atoms with Crippen molar-refractivity contribution >= 4 is 27.5 Å². The Morgan fingerprint density at radius 3 is 2.62 bits per heavy atom. The fourth-order valence-corrected chi connectivity index (χ4v) is 3.79. The molecule has 152 valence electrons. The van der Waals surface area contributed by atoms with Crippen molar-refractivity contribution in [1.29, 1.82) is 0 Å². The number of carbonyl (C=O) groups excluding carboxylic acids is 1. The van der Waals surface area contributed by atoms with Crippen LogP contribution in [0.15, 0.2) is 51.4 Å². The molecule has 0 atom stereocenters. The number of aliphatic hydroxyl groups is 1. The number of nitrogens with one attached hydrogen (secondary N) is 1. The van der Waals surface area contributed by atoms with Crippen LogP contribution in [0.4, 0.5) is 5.69 Å². The van der Waals surface area contributed by atoms with Gasteiger partial charge in [0, 0.05) is 11.8 Å². The van der Waals surface area contributed by atoms with Gasteiger partial charge in [-0.15, -0.1) is 0 Å². The number of amides is 1. The molecule has 3 aromatic rings. The second-order valence-corrected chi connectivity index (χ2v) is 7.42. The Bertz CT molecular complexity index is 1000. The van der Waals surface area contributed by atoms with Crippen molar-refractivity contribution in [3.8, 4) is 22.8 Å². The zero-order valence-corrected chi connectivity index (χ0v) is 18.0. The van der Waals surface area contributed by atoms with E-state index < -0.39 is 0 Å². The summed E-state index contributed by atoms with van der Waals surface area (Å²) >= 11 is 3.47. The number of benzene rings is 2. The third-order valence-electron chi connectivity index (χ3n) is 4.29. The first-order valence-electron chi connectivity index (χ1n) is 8.98. The van der Waals surface area contributed by atoms with Crippen molar-refractivity contribution in [3.63, 3.8) is 0 Å². The lowest BCUT2D eigenvalue weighted by Gasteiger charge is -2.13. The molecule has 1 amide bonds. The molecule has 0 fully saturated rings. The van der Waals surface area contributed by atoms with Crippen LogP contribution in [0.5, 0.6) is 11.5 Å². The standard InChI is InChI=1S/C22H22BrNO5/c1-13-8-14(2)22(18(23)9-13)28-12-21(26)24-15-4-6-17(20(10-15)27-3)19-7-5-16(11-25)29-19/h4-10,25H,11-12H2,1-3H3,(H,24,26). The minimum Gasteiger partial charge on any atom is -0.496 e. The number of hydrogen-bond acceptors (Lipinski definition) is 5. The molecule has 7 heteroatoms. The molecule has 0 saturated carbocycles. The molecule has 6 nitrogen and oxygen atoms in total. The molecule has 3 rings (SSSR count). The summed E-state index contributed by atoms with van der Waals surface area (Å²) in [5.41, 5.74) is 3.37. The number of ether oxygens (including phenoxy) is 2. The summed E-state index contributed by atoms with van der Waals surface area (Å²) in [5.74, 6) is 1.95. The quantitative estimate of drug-likeness (QED) is 0.527. The maximum atomic E-state index is 12.3. The largest absolute Gasteiger partial charge is 0.496 e. The Balaban J connectivity index is 1.69. The van der Waals surface area contributed by atoms with Gasteiger partial charge in [-0.05, 0) is 71.2 Å². The maximum absolute atomic E-state index is 12.3. The van der Waals surface area contributed by atoms with Crippen LogP contribution in [-0.4, -0.2) is 24.7 Å². The predicted molar refractivity (Wildman–Crippen MR) is 114 cm³/mol. The maximum Gasteiger partial charge on any atom is 0.262 e. The number of aliphatic hydroxyl groups excluding tert-OH is 1. The molecule has 0 spiro atoms. The zero-order chi connectivity index (χ0) is 21.0. The molecule has 29 heavy (non-hydrogen) atoms. The highest BCUT2D eigenvalue weighted by Crippen LogP contribution is 2.34. The van der Waals surface area contributed by atoms with E-state index in [-0.39, 0.29) is 19.1 Å². The average molecular weight is 460 g/mol. The number of furan rings is 1. The van der Waals surface area contributed by atoms with Gasteiger partial charge in [0.15, 0.2) is 6.61 Å². The van der Waals surface area contributed by atoms with E-state index in [1.165, 1.54) is 0 Å². The summed E-state index contributed by atoms with van der Waals surface area (Å²) in [4.78, 5) is 12.3. The fraction of sp³-hybridized carbons (Fsp3) is 0.227. The lowest BCUT2D eigenvalue weighted by atomic mass is 10.1. The molecular weight excluding hydrogens is 438 g/mol. The number of rotatable bonds is 7. The van der Waals surface area contributed by atoms with Crippen molar-refractivity contribution in [2.75, 3.05) is 19.0 Å². The average Bonchev–Trinajstić information content (AvgIpc) is 3.16. The molecule has 0 aliphatic heterocycles. The second kappa shape index (κ2) is 9.15. The first kappa shape index (κ1) is 21.0. The number of methoxy groups -OCH3 is 1. The van der Waals surface area contributed by atoms with E-state index in [0.29, 0.717) is 28.7 Å². The Morgan fingerprint density at radius 2 is 1.97 bits per heavy atom. The van der Waals surface area contributed by atoms with Gasteiger partial charge >= 0.3 is 0 Å². The fourth-order valence-electron chi connectivity index (χ4n) is 3.00. The van der Waals surface area contributed by atoms with E-state index >= 15 is 0 Å². The minimum atomic E-state index is -0.285. The highest BCUT2D eigenvalue weighted by Gasteiger charge is 2.13. The highest BCUT2D eigenvalue weighted by atomic mass is 79.9. The third kappa shape index (κ3) is 4.99. The van der Waals surface area contributed by atoms with E-state index in [2.05, 4.69) is 21.2 Å². The van der Waals surface area contributed by atoms with Crippen LogP contribution in [0, 0.1) is 13.8 Å². The van der Waals surface area contributed by atoms with Crippen LogP contribution in [0.25, 0.3) is 11.3 Å². The molecule has 1 aromatic heterocycles. The second-order valence-electron chi connectivity index (χ2n) is 6.57. The van der Waals surface area contributed by atoms with Gasteiger partial charge in [0.2, 0.25) is 0 Å². The van der Waals surface area contributed by atoms with Gasteiger partial charge in [-0.2, -0.15) is 0 Å². The molecule has 0 aliphatic rings. The molecular formula is C22H22BrNO5. The van der Waals surface area contributed by atoms with Gasteiger partial charge in [-0.25, -0.2) is 0 Å². The number of aryl methyl sites for hydroxylation is 2. The summed E-state index contributed by atoms with van der Waals surface area (Å²) in [7, 11) is 1.54. The van der Waals surface area contributed by atoms with Crippen molar-refractivity contribution in [3.05, 3.63) is 63.8 Å². The summed E-state index contributed by atoms with van der Waals surface area (Å²) < 4.78 is 17.5. The Labute approximate surface area is 177 Å². The van der Waals surface area contributed by atoms with Crippen molar-refractivity contribution in [1.82, 2.24) is 0 Å². The lowest BCUT2D eigenvalue weighted by molar-refractivity contribution is -0.118. The third-order valence-corrected chi connectivity index (χ3v) is 4.88. The smallest absolute Gasteiger partial charge is 0.262 e. The van der Waals surface area contributed by atoms with Gasteiger partial charge in [0.05, 0.1) is 17.1 Å². The number of hydrogen-bond donors (Lipinski definition) is 2. The Morgan fingerprint density at radius 1 is 1.17 bits per heavy atom. The molecule has 2 N–H and O–H groups in total. The molecule has 2 aromatic carbocycles. The van der Waals surface area contributed by atoms with Crippen LogP contribution < -0.4 is 14.8 Å². The van der Waals surface area contributed by atoms with Gasteiger partial charge in [0.1, 0.15) is 29.6 Å². The summed E-state index contributed by atoms with van der Waals surface area (Å²) in [6.45, 7) is 3.64. The van der Waals surface area contributed by atoms with Crippen LogP contribution >= 0.6 is 15.9 Å². The SMILES string of the molecule is COc1cc(NC(=O)COc2c(C)cc(C)cc2Br)ccc1-c1ccc(CO)o1. The summed E-state index contributed by atoms with van der Waals surface area (Å²) in [5, 5.41) is 12.0. The Hall–Kier alpha value is -2.77. The van der Waals surface area contributed by atoms with Crippen LogP contribution in [0.3, 0.4) is 0 Å². The van der Waals surface area contributed by atoms with E-state index in [1.807, 2.05) is 26.0 Å². The van der Waals surface area contributed by atoms with Gasteiger partial charge in [-0.3, -0.25) is 4.79 Å². The van der Waals surface area contributed by atoms with E-state index in [4.69, 9.17) is 19.0 Å². The first-order chi connectivity index (χ1) is 13.9. The molecule has 1 heterocycles. The van der Waals surface area contributed by atoms with E-state index in [0.717, 1.165) is 21.2 Å². The molecule has 0 bridgehead atoms. The van der Waals surface area contributed by atoms with Crippen molar-refractivity contribution in [2.45, 2.75) is 20.5 Å². The molecule has 0 radical (unpaired) electrons. The van der Waals surface area contributed by atoms with Crippen LogP contribution in [-0.2, 0) is 11.4 Å². The van der Waals surface area contributed by atoms with Gasteiger partial charge in [-0.1, -0.05) is 6.07 Å². The number of carbonyl (C=O) groups is 1. The predicted octanol–water partition coefficient (Wildman–Crippen LogP) is 4.84. The van der Waals surface area contributed by atoms with Gasteiger partial charge < -0.3 is 24.3 Å². The lowest BCUT2D eigenvalue weighted by Crippen LogP contribution is -2.20. The van der Waals surface area contributed by atoms with Crippen molar-refractivity contribution in [2.24, 2.45) is 0 Å². The van der Waals surface area contributed by atoms with Crippen LogP contribution in [0.1, 0.15) is 16.9 Å². The monoisotopic (exact) mass is 459 g/mol. The van der Waals surface area contributed by atoms with Crippen LogP contribution in [0.2, 0.25) is 0 Å². The summed E-state index contributed by atoms with van der Waals surface area (Å²) in [6, 6.07) is 12.7. The molecule has 0 unspecified atom stereocenters. The zero-order valence-electron chi connectivity index (χ0n) is 16.4. The van der Waals surface area contributed by atoms with Gasteiger partial charge in [0.25, 0.3) is 5.91 Å². The van der Waals surface area contributed by atoms with E-state index in [9.17, 15) is 4.79 Å². The summed E-state index contributed by atoms with van der Waals surface area (Å²) in [6.07, 6.45) is 0. The normalized spacial score (nSPS) is 10.7. The number of anilines is 1. The van der Waals surface area contributed by atoms with E-state index in [1.54, 1.807) is 37.4 Å². The van der Waals surface area contributed by atoms with Crippen molar-refractivity contribution < 1.29 is 23.8 Å². The highest BCUT2D eigenvalue weighted by molar-refractivity contribution is 9.10. The Kier molecular flexibility index (Phi) is 6.61. The number of halogens is 1. The topological polar surface area (TPSA) is 80.9 Å². The molecule has 0 aliphatic carbocycles.